The Labute approximate surface area is 185 Å². The summed E-state index contributed by atoms with van der Waals surface area (Å²) >= 11 is 0. The minimum Gasteiger partial charge on any atom is -0.385 e. The molecule has 1 amide bonds. The fraction of sp³-hybridized carbons (Fsp3) is 0.600. The van der Waals surface area contributed by atoms with Crippen molar-refractivity contribution in [3.8, 4) is 11.3 Å². The Bertz CT molecular complexity index is 841. The van der Waals surface area contributed by atoms with Crippen LogP contribution in [0, 0.1) is 5.92 Å². The molecule has 0 saturated heterocycles. The zero-order valence-corrected chi connectivity index (χ0v) is 18.9. The molecule has 31 heavy (non-hydrogen) atoms. The van der Waals surface area contributed by atoms with Gasteiger partial charge in [-0.15, -0.1) is 0 Å². The molecule has 1 aromatic carbocycles. The van der Waals surface area contributed by atoms with Gasteiger partial charge in [-0.2, -0.15) is 0 Å². The third kappa shape index (κ3) is 5.29. The predicted octanol–water partition coefficient (Wildman–Crippen LogP) is 4.89. The number of hydrogen-bond donors (Lipinski definition) is 0. The number of aromatic nitrogens is 1. The quantitative estimate of drug-likeness (QED) is 0.508. The summed E-state index contributed by atoms with van der Waals surface area (Å²) in [5.74, 6) is 1.25. The molecule has 6 nitrogen and oxygen atoms in total. The van der Waals surface area contributed by atoms with Gasteiger partial charge in [-0.25, -0.2) is 0 Å². The topological polar surface area (TPSA) is 58.8 Å². The summed E-state index contributed by atoms with van der Waals surface area (Å²) in [6.45, 7) is 1.87. The van der Waals surface area contributed by atoms with E-state index >= 15 is 0 Å². The molecule has 0 atom stereocenters. The highest BCUT2D eigenvalue weighted by atomic mass is 16.5. The van der Waals surface area contributed by atoms with Crippen molar-refractivity contribution in [1.82, 2.24) is 10.1 Å². The third-order valence-corrected chi connectivity index (χ3v) is 6.62. The van der Waals surface area contributed by atoms with Crippen LogP contribution in [-0.2, 0) is 16.1 Å². The number of hydrogen-bond acceptors (Lipinski definition) is 5. The van der Waals surface area contributed by atoms with Gasteiger partial charge in [-0.1, -0.05) is 54.8 Å². The predicted molar refractivity (Wildman–Crippen MR) is 122 cm³/mol. The maximum absolute atomic E-state index is 13.1. The zero-order chi connectivity index (χ0) is 21.6. The molecule has 1 aromatic heterocycles. The van der Waals surface area contributed by atoms with Crippen LogP contribution in [0.15, 0.2) is 34.9 Å². The number of rotatable bonds is 10. The molecule has 6 heteroatoms. The second-order valence-corrected chi connectivity index (χ2v) is 8.96. The van der Waals surface area contributed by atoms with E-state index in [1.54, 1.807) is 7.11 Å². The zero-order valence-electron chi connectivity index (χ0n) is 18.9. The second-order valence-electron chi connectivity index (χ2n) is 8.96. The highest BCUT2D eigenvalue weighted by Crippen LogP contribution is 2.37. The largest absolute Gasteiger partial charge is 0.385 e. The van der Waals surface area contributed by atoms with Gasteiger partial charge in [-0.05, 0) is 32.1 Å². The van der Waals surface area contributed by atoms with Gasteiger partial charge in [0.05, 0.1) is 12.1 Å². The molecule has 2 aliphatic rings. The number of nitrogens with zero attached hydrogens (tertiary/aromatic N) is 3. The van der Waals surface area contributed by atoms with Crippen LogP contribution in [0.25, 0.3) is 11.3 Å². The summed E-state index contributed by atoms with van der Waals surface area (Å²) in [5, 5.41) is 4.49. The Morgan fingerprint density at radius 3 is 2.55 bits per heavy atom. The summed E-state index contributed by atoms with van der Waals surface area (Å²) in [4.78, 5) is 17.3. The molecule has 2 aliphatic carbocycles. The van der Waals surface area contributed by atoms with E-state index in [0.717, 1.165) is 42.0 Å². The molecule has 4 rings (SSSR count). The first-order valence-electron chi connectivity index (χ1n) is 11.7. The highest BCUT2D eigenvalue weighted by molar-refractivity contribution is 5.81. The van der Waals surface area contributed by atoms with Gasteiger partial charge >= 0.3 is 0 Å². The number of carbonyl (C=O) groups excluding carboxylic acids is 1. The first-order valence-corrected chi connectivity index (χ1v) is 11.7. The first kappa shape index (κ1) is 21.9. The van der Waals surface area contributed by atoms with Crippen molar-refractivity contribution in [1.29, 1.82) is 0 Å². The average Bonchev–Trinajstić information content (AvgIpc) is 3.59. The van der Waals surface area contributed by atoms with Crippen LogP contribution in [0.4, 0.5) is 5.88 Å². The van der Waals surface area contributed by atoms with Crippen LogP contribution in [0.3, 0.4) is 0 Å². The van der Waals surface area contributed by atoms with Gasteiger partial charge in [0.25, 0.3) is 0 Å². The Morgan fingerprint density at radius 2 is 1.87 bits per heavy atom. The van der Waals surface area contributed by atoms with E-state index in [1.807, 2.05) is 23.1 Å². The van der Waals surface area contributed by atoms with Crippen molar-refractivity contribution in [2.45, 2.75) is 64.0 Å². The van der Waals surface area contributed by atoms with Crippen molar-refractivity contribution in [3.05, 3.63) is 35.9 Å². The lowest BCUT2D eigenvalue weighted by atomic mass is 9.94. The van der Waals surface area contributed by atoms with Gasteiger partial charge < -0.3 is 19.1 Å². The lowest BCUT2D eigenvalue weighted by Crippen LogP contribution is -2.36. The second kappa shape index (κ2) is 10.3. The van der Waals surface area contributed by atoms with Crippen LogP contribution >= 0.6 is 0 Å². The first-order chi connectivity index (χ1) is 15.2. The lowest BCUT2D eigenvalue weighted by molar-refractivity contribution is -0.133. The number of anilines is 1. The standard InChI is InChI=1S/C25H35N3O3/c1-27(21-12-7-4-8-13-21)25-22(23(26-31-25)19-10-5-3-6-11-19)18-28(16-9-17-30-2)24(29)20-14-15-20/h3,5-6,10-11,20-21H,4,7-9,12-18H2,1-2H3. The van der Waals surface area contributed by atoms with Crippen LogP contribution in [0.2, 0.25) is 0 Å². The van der Waals surface area contributed by atoms with E-state index in [1.165, 1.54) is 32.1 Å². The molecule has 0 unspecified atom stereocenters. The fourth-order valence-corrected chi connectivity index (χ4v) is 4.62. The van der Waals surface area contributed by atoms with E-state index in [0.29, 0.717) is 25.7 Å². The van der Waals surface area contributed by atoms with Crippen molar-refractivity contribution in [3.63, 3.8) is 0 Å². The maximum Gasteiger partial charge on any atom is 0.232 e. The van der Waals surface area contributed by atoms with Gasteiger partial charge in [0.1, 0.15) is 5.69 Å². The van der Waals surface area contributed by atoms with E-state index in [-0.39, 0.29) is 11.8 Å². The molecule has 2 fully saturated rings. The molecule has 0 bridgehead atoms. The Balaban J connectivity index is 1.64. The monoisotopic (exact) mass is 425 g/mol. The van der Waals surface area contributed by atoms with E-state index in [2.05, 4.69) is 29.2 Å². The number of methoxy groups -OCH3 is 1. The Hall–Kier alpha value is -2.34. The van der Waals surface area contributed by atoms with Gasteiger partial charge in [-0.3, -0.25) is 4.79 Å². The summed E-state index contributed by atoms with van der Waals surface area (Å²) in [6.07, 6.45) is 9.01. The fourth-order valence-electron chi connectivity index (χ4n) is 4.62. The van der Waals surface area contributed by atoms with Crippen molar-refractivity contribution in [2.75, 3.05) is 32.2 Å². The molecule has 168 valence electrons. The van der Waals surface area contributed by atoms with Gasteiger partial charge in [0, 0.05) is 44.8 Å². The molecule has 2 saturated carbocycles. The van der Waals surface area contributed by atoms with Crippen LogP contribution in [-0.4, -0.2) is 49.3 Å². The molecule has 0 spiro atoms. The summed E-state index contributed by atoms with van der Waals surface area (Å²) in [5.41, 5.74) is 2.89. The number of ether oxygens (including phenoxy) is 1. The summed E-state index contributed by atoms with van der Waals surface area (Å²) < 4.78 is 11.2. The molecular weight excluding hydrogens is 390 g/mol. The maximum atomic E-state index is 13.1. The average molecular weight is 426 g/mol. The van der Waals surface area contributed by atoms with Crippen molar-refractivity contribution in [2.24, 2.45) is 5.92 Å². The number of benzene rings is 1. The molecule has 0 N–H and O–H groups in total. The lowest BCUT2D eigenvalue weighted by Gasteiger charge is -2.32. The summed E-state index contributed by atoms with van der Waals surface area (Å²) in [6, 6.07) is 10.6. The van der Waals surface area contributed by atoms with Crippen LogP contribution in [0.5, 0.6) is 0 Å². The van der Waals surface area contributed by atoms with Gasteiger partial charge in [0.15, 0.2) is 0 Å². The minimum atomic E-state index is 0.183. The molecule has 0 aliphatic heterocycles. The van der Waals surface area contributed by atoms with Crippen LogP contribution < -0.4 is 4.90 Å². The summed E-state index contributed by atoms with van der Waals surface area (Å²) in [7, 11) is 3.82. The molecule has 1 heterocycles. The smallest absolute Gasteiger partial charge is 0.232 e. The third-order valence-electron chi connectivity index (χ3n) is 6.62. The van der Waals surface area contributed by atoms with E-state index in [4.69, 9.17) is 9.26 Å². The van der Waals surface area contributed by atoms with E-state index < -0.39 is 0 Å². The highest BCUT2D eigenvalue weighted by Gasteiger charge is 2.35. The Kier molecular flexibility index (Phi) is 7.28. The van der Waals surface area contributed by atoms with Crippen molar-refractivity contribution >= 4 is 11.8 Å². The number of carbonyl (C=O) groups is 1. The number of amides is 1. The molecule has 0 radical (unpaired) electrons. The van der Waals surface area contributed by atoms with Gasteiger partial charge in [0.2, 0.25) is 11.8 Å². The molecule has 2 aromatic rings. The van der Waals surface area contributed by atoms with Crippen LogP contribution in [0.1, 0.15) is 56.9 Å². The molecular formula is C25H35N3O3. The minimum absolute atomic E-state index is 0.183. The van der Waals surface area contributed by atoms with Crippen molar-refractivity contribution < 1.29 is 14.1 Å². The van der Waals surface area contributed by atoms with E-state index in [9.17, 15) is 4.79 Å². The Morgan fingerprint density at radius 1 is 1.13 bits per heavy atom. The SMILES string of the molecule is COCCCN(Cc1c(-c2ccccc2)noc1N(C)C1CCCCC1)C(=O)C1CC1. The normalized spacial score (nSPS) is 17.0.